The second-order valence-corrected chi connectivity index (χ2v) is 6.86. The Labute approximate surface area is 147 Å². The van der Waals surface area contributed by atoms with Gasteiger partial charge in [-0.3, -0.25) is 4.40 Å². The first-order valence-corrected chi connectivity index (χ1v) is 8.76. The van der Waals surface area contributed by atoms with Crippen LogP contribution in [0.1, 0.15) is 5.56 Å². The number of hydrogen-bond acceptors (Lipinski definition) is 3. The van der Waals surface area contributed by atoms with E-state index in [4.69, 9.17) is 23.2 Å². The van der Waals surface area contributed by atoms with E-state index in [0.717, 1.165) is 33.0 Å². The lowest BCUT2D eigenvalue weighted by atomic mass is 10.2. The summed E-state index contributed by atoms with van der Waals surface area (Å²) in [5.74, 6) is 0.751. The monoisotopic (exact) mass is 359 g/mol. The number of benzene rings is 2. The second kappa shape index (κ2) is 6.04. The molecule has 0 spiro atoms. The van der Waals surface area contributed by atoms with E-state index in [-0.39, 0.29) is 0 Å². The minimum absolute atomic E-state index is 0.569. The number of nitrogens with zero attached hydrogens (tertiary/aromatic N) is 3. The number of aromatic nitrogens is 3. The SMILES string of the molecule is Clc1ccc(CSc2nnc3ccc4ccccc4n23)cc1Cl. The van der Waals surface area contributed by atoms with Gasteiger partial charge in [-0.15, -0.1) is 10.2 Å². The van der Waals surface area contributed by atoms with Crippen molar-refractivity contribution in [1.29, 1.82) is 0 Å². The Morgan fingerprint density at radius 2 is 1.78 bits per heavy atom. The molecule has 6 heteroatoms. The van der Waals surface area contributed by atoms with Crippen molar-refractivity contribution in [2.45, 2.75) is 10.9 Å². The third-order valence-electron chi connectivity index (χ3n) is 3.60. The summed E-state index contributed by atoms with van der Waals surface area (Å²) in [7, 11) is 0. The van der Waals surface area contributed by atoms with Crippen molar-refractivity contribution >= 4 is 51.5 Å². The molecule has 0 saturated heterocycles. The van der Waals surface area contributed by atoms with Crippen LogP contribution in [-0.4, -0.2) is 14.6 Å². The Hall–Kier alpha value is -1.75. The van der Waals surface area contributed by atoms with Gasteiger partial charge in [0.1, 0.15) is 0 Å². The van der Waals surface area contributed by atoms with Gasteiger partial charge in [-0.1, -0.05) is 59.2 Å². The Morgan fingerprint density at radius 3 is 2.65 bits per heavy atom. The predicted octanol–water partition coefficient (Wildman–Crippen LogP) is 5.48. The molecule has 0 radical (unpaired) electrons. The summed E-state index contributed by atoms with van der Waals surface area (Å²) in [4.78, 5) is 0. The molecule has 0 aliphatic carbocycles. The van der Waals surface area contributed by atoms with E-state index in [0.29, 0.717) is 10.0 Å². The van der Waals surface area contributed by atoms with Gasteiger partial charge in [-0.2, -0.15) is 0 Å². The van der Waals surface area contributed by atoms with Gasteiger partial charge in [0.2, 0.25) is 0 Å². The van der Waals surface area contributed by atoms with Crippen LogP contribution in [0.4, 0.5) is 0 Å². The third kappa shape index (κ3) is 2.78. The van der Waals surface area contributed by atoms with Crippen LogP contribution in [-0.2, 0) is 5.75 Å². The molecule has 23 heavy (non-hydrogen) atoms. The van der Waals surface area contributed by atoms with Crippen LogP contribution in [0.3, 0.4) is 0 Å². The highest BCUT2D eigenvalue weighted by Gasteiger charge is 2.10. The molecule has 0 aliphatic rings. The summed E-state index contributed by atoms with van der Waals surface area (Å²) in [5, 5.41) is 11.7. The first-order chi connectivity index (χ1) is 11.2. The van der Waals surface area contributed by atoms with E-state index in [1.807, 2.05) is 36.4 Å². The molecule has 0 aliphatic heterocycles. The summed E-state index contributed by atoms with van der Waals surface area (Å²) in [6, 6.07) is 17.9. The van der Waals surface area contributed by atoms with Crippen LogP contribution < -0.4 is 0 Å². The Balaban J connectivity index is 1.71. The van der Waals surface area contributed by atoms with E-state index >= 15 is 0 Å². The molecule has 114 valence electrons. The average molecular weight is 360 g/mol. The van der Waals surface area contributed by atoms with Crippen LogP contribution in [0.25, 0.3) is 16.6 Å². The van der Waals surface area contributed by atoms with Gasteiger partial charge in [-0.25, -0.2) is 0 Å². The highest BCUT2D eigenvalue weighted by Crippen LogP contribution is 2.28. The van der Waals surface area contributed by atoms with Gasteiger partial charge in [0, 0.05) is 5.75 Å². The van der Waals surface area contributed by atoms with Crippen LogP contribution in [0.15, 0.2) is 59.8 Å². The Bertz CT molecular complexity index is 1010. The van der Waals surface area contributed by atoms with Crippen molar-refractivity contribution in [2.24, 2.45) is 0 Å². The lowest BCUT2D eigenvalue weighted by Gasteiger charge is -2.05. The number of thioether (sulfide) groups is 1. The fraction of sp³-hybridized carbons (Fsp3) is 0.0588. The highest BCUT2D eigenvalue weighted by atomic mass is 35.5. The summed E-state index contributed by atoms with van der Waals surface area (Å²) in [6.45, 7) is 0. The summed E-state index contributed by atoms with van der Waals surface area (Å²) in [5.41, 5.74) is 3.05. The van der Waals surface area contributed by atoms with Gasteiger partial charge in [0.05, 0.1) is 15.6 Å². The topological polar surface area (TPSA) is 30.2 Å². The molecule has 0 bridgehead atoms. The first-order valence-electron chi connectivity index (χ1n) is 7.02. The molecule has 0 amide bonds. The van der Waals surface area contributed by atoms with Gasteiger partial charge in [0.25, 0.3) is 0 Å². The maximum atomic E-state index is 6.07. The highest BCUT2D eigenvalue weighted by molar-refractivity contribution is 7.98. The number of rotatable bonds is 3. The number of halogens is 2. The maximum Gasteiger partial charge on any atom is 0.196 e. The minimum Gasteiger partial charge on any atom is -0.270 e. The van der Waals surface area contributed by atoms with Crippen molar-refractivity contribution in [3.63, 3.8) is 0 Å². The van der Waals surface area contributed by atoms with E-state index in [9.17, 15) is 0 Å². The smallest absolute Gasteiger partial charge is 0.196 e. The lowest BCUT2D eigenvalue weighted by Crippen LogP contribution is -1.91. The molecule has 4 aromatic rings. The van der Waals surface area contributed by atoms with Gasteiger partial charge < -0.3 is 0 Å². The van der Waals surface area contributed by atoms with Crippen molar-refractivity contribution < 1.29 is 0 Å². The third-order valence-corrected chi connectivity index (χ3v) is 5.34. The lowest BCUT2D eigenvalue weighted by molar-refractivity contribution is 0.940. The Morgan fingerprint density at radius 1 is 0.913 bits per heavy atom. The molecule has 2 aromatic heterocycles. The number of hydrogen-bond donors (Lipinski definition) is 0. The maximum absolute atomic E-state index is 6.07. The predicted molar refractivity (Wildman–Crippen MR) is 96.5 cm³/mol. The number of fused-ring (bicyclic) bond motifs is 3. The quantitative estimate of drug-likeness (QED) is 0.453. The fourth-order valence-corrected chi connectivity index (χ4v) is 3.70. The Kier molecular flexibility index (Phi) is 3.89. The fourth-order valence-electron chi connectivity index (χ4n) is 2.48. The minimum atomic E-state index is 0.569. The molecule has 2 heterocycles. The molecule has 2 aromatic carbocycles. The molecule has 0 N–H and O–H groups in total. The van der Waals surface area contributed by atoms with Crippen LogP contribution in [0.5, 0.6) is 0 Å². The van der Waals surface area contributed by atoms with E-state index in [1.165, 1.54) is 0 Å². The molecule has 4 rings (SSSR count). The van der Waals surface area contributed by atoms with Crippen LogP contribution in [0.2, 0.25) is 10.0 Å². The molecule has 0 saturated carbocycles. The summed E-state index contributed by atoms with van der Waals surface area (Å²) >= 11 is 13.7. The van der Waals surface area contributed by atoms with Crippen LogP contribution >= 0.6 is 35.0 Å². The van der Waals surface area contributed by atoms with Crippen molar-refractivity contribution in [3.05, 3.63) is 70.2 Å². The van der Waals surface area contributed by atoms with Gasteiger partial charge in [0.15, 0.2) is 10.8 Å². The summed E-state index contributed by atoms with van der Waals surface area (Å²) in [6.07, 6.45) is 0. The summed E-state index contributed by atoms with van der Waals surface area (Å²) < 4.78 is 2.08. The zero-order chi connectivity index (χ0) is 15.8. The molecular weight excluding hydrogens is 349 g/mol. The van der Waals surface area contributed by atoms with Gasteiger partial charge >= 0.3 is 0 Å². The molecular formula is C17H11Cl2N3S. The van der Waals surface area contributed by atoms with E-state index in [2.05, 4.69) is 32.8 Å². The zero-order valence-electron chi connectivity index (χ0n) is 11.9. The molecule has 3 nitrogen and oxygen atoms in total. The molecule has 0 fully saturated rings. The number of para-hydroxylation sites is 1. The standard InChI is InChI=1S/C17H11Cl2N3S/c18-13-7-5-11(9-14(13)19)10-23-17-21-20-16-8-6-12-3-1-2-4-15(12)22(16)17/h1-9H,10H2. The first kappa shape index (κ1) is 14.8. The van der Waals surface area contributed by atoms with Crippen LogP contribution in [0, 0.1) is 0 Å². The van der Waals surface area contributed by atoms with E-state index in [1.54, 1.807) is 11.8 Å². The van der Waals surface area contributed by atoms with E-state index < -0.39 is 0 Å². The van der Waals surface area contributed by atoms with Crippen molar-refractivity contribution in [3.8, 4) is 0 Å². The van der Waals surface area contributed by atoms with Crippen molar-refractivity contribution in [1.82, 2.24) is 14.6 Å². The van der Waals surface area contributed by atoms with Crippen molar-refractivity contribution in [2.75, 3.05) is 0 Å². The normalized spacial score (nSPS) is 11.4. The largest absolute Gasteiger partial charge is 0.270 e. The molecule has 0 atom stereocenters. The average Bonchev–Trinajstić information content (AvgIpc) is 2.99. The zero-order valence-corrected chi connectivity index (χ0v) is 14.2. The molecule has 0 unspecified atom stereocenters. The number of pyridine rings is 1. The van der Waals surface area contributed by atoms with Gasteiger partial charge in [-0.05, 0) is 41.3 Å². The second-order valence-electron chi connectivity index (χ2n) is 5.11.